The van der Waals surface area contributed by atoms with Crippen molar-refractivity contribution in [2.24, 2.45) is 11.8 Å². The van der Waals surface area contributed by atoms with E-state index < -0.39 is 12.1 Å². The molecular formula is C36H43N7O4. The van der Waals surface area contributed by atoms with Crippen LogP contribution in [0.3, 0.4) is 0 Å². The highest BCUT2D eigenvalue weighted by atomic mass is 16.5. The molecule has 4 heterocycles. The molecule has 2 aromatic heterocycles. The Kier molecular flexibility index (Phi) is 10.7. The number of ether oxygens (including phenoxy) is 1. The van der Waals surface area contributed by atoms with E-state index in [9.17, 15) is 14.4 Å². The third kappa shape index (κ3) is 8.23. The average Bonchev–Trinajstić information content (AvgIpc) is 3.87. The van der Waals surface area contributed by atoms with Crippen molar-refractivity contribution in [1.29, 1.82) is 0 Å². The van der Waals surface area contributed by atoms with Gasteiger partial charge in [-0.2, -0.15) is 0 Å². The fourth-order valence-electron chi connectivity index (χ4n) is 6.06. The molecule has 0 unspecified atom stereocenters. The first-order valence-corrected chi connectivity index (χ1v) is 16.3. The maximum absolute atomic E-state index is 13.4. The molecule has 2 aliphatic heterocycles. The highest BCUT2D eigenvalue weighted by Crippen LogP contribution is 2.32. The van der Waals surface area contributed by atoms with E-state index in [1.54, 1.807) is 17.3 Å². The Morgan fingerprint density at radius 1 is 0.851 bits per heavy atom. The summed E-state index contributed by atoms with van der Waals surface area (Å²) in [5.74, 6) is 14.3. The molecule has 11 heteroatoms. The Labute approximate surface area is 276 Å². The van der Waals surface area contributed by atoms with Crippen LogP contribution in [0.15, 0.2) is 36.7 Å². The minimum atomic E-state index is -0.684. The number of methoxy groups -OCH3 is 1. The molecule has 3 aromatic rings. The number of carbonyl (C=O) groups excluding carboxylic acids is 3. The van der Waals surface area contributed by atoms with Crippen molar-refractivity contribution >= 4 is 17.9 Å². The van der Waals surface area contributed by atoms with Gasteiger partial charge in [-0.15, -0.1) is 0 Å². The third-order valence-electron chi connectivity index (χ3n) is 8.47. The maximum Gasteiger partial charge on any atom is 0.407 e. The van der Waals surface area contributed by atoms with Gasteiger partial charge in [0.1, 0.15) is 29.1 Å². The molecular weight excluding hydrogens is 594 g/mol. The van der Waals surface area contributed by atoms with Gasteiger partial charge in [0.15, 0.2) is 0 Å². The van der Waals surface area contributed by atoms with E-state index >= 15 is 0 Å². The van der Waals surface area contributed by atoms with Crippen molar-refractivity contribution in [2.75, 3.05) is 20.2 Å². The number of benzene rings is 1. The number of carbonyl (C=O) groups is 3. The number of imidazole rings is 2. The van der Waals surface area contributed by atoms with Crippen LogP contribution >= 0.6 is 0 Å². The van der Waals surface area contributed by atoms with Crippen LogP contribution in [0.1, 0.15) is 106 Å². The van der Waals surface area contributed by atoms with E-state index in [0.717, 1.165) is 49.2 Å². The number of likely N-dealkylation sites (tertiary alicyclic amines) is 2. The fourth-order valence-corrected chi connectivity index (χ4v) is 6.06. The lowest BCUT2D eigenvalue weighted by Crippen LogP contribution is -2.51. The SMILES string of the molecule is COC(=O)N[C@H](C(=O)N1CCC[C@H]1c1ncc(C#Cc2ccc(C#Cc3cnc([C@@H]4CCCN4C(=O)CC(C)C)[nH]3)cc2)[nH]1)C(C)C. The summed E-state index contributed by atoms with van der Waals surface area (Å²) in [5, 5.41) is 2.67. The third-order valence-corrected chi connectivity index (χ3v) is 8.47. The molecule has 2 fully saturated rings. The molecule has 2 saturated heterocycles. The zero-order valence-electron chi connectivity index (χ0n) is 27.7. The molecule has 1 aromatic carbocycles. The second-order valence-electron chi connectivity index (χ2n) is 12.8. The van der Waals surface area contributed by atoms with E-state index in [0.29, 0.717) is 36.1 Å². The van der Waals surface area contributed by atoms with Crippen molar-refractivity contribution in [1.82, 2.24) is 35.1 Å². The summed E-state index contributed by atoms with van der Waals surface area (Å²) in [6.45, 7) is 9.26. The molecule has 5 rings (SSSR count). The van der Waals surface area contributed by atoms with Gasteiger partial charge in [0.05, 0.1) is 31.6 Å². The van der Waals surface area contributed by atoms with Crippen LogP contribution in [0.25, 0.3) is 0 Å². The molecule has 0 bridgehead atoms. The van der Waals surface area contributed by atoms with Gasteiger partial charge >= 0.3 is 6.09 Å². The van der Waals surface area contributed by atoms with E-state index in [2.05, 4.69) is 62.8 Å². The van der Waals surface area contributed by atoms with E-state index in [4.69, 9.17) is 4.74 Å². The number of hydrogen-bond donors (Lipinski definition) is 3. The summed E-state index contributed by atoms with van der Waals surface area (Å²) >= 11 is 0. The number of alkyl carbamates (subject to hydrolysis) is 1. The zero-order valence-corrected chi connectivity index (χ0v) is 27.7. The number of aromatic amines is 2. The Balaban J connectivity index is 1.20. The normalized spacial score (nSPS) is 18.0. The monoisotopic (exact) mass is 637 g/mol. The van der Waals surface area contributed by atoms with E-state index in [1.165, 1.54) is 7.11 Å². The molecule has 0 radical (unpaired) electrons. The van der Waals surface area contributed by atoms with Crippen LogP contribution < -0.4 is 5.32 Å². The Morgan fingerprint density at radius 3 is 1.85 bits per heavy atom. The minimum Gasteiger partial charge on any atom is -0.453 e. The molecule has 0 saturated carbocycles. The van der Waals surface area contributed by atoms with Gasteiger partial charge in [0.2, 0.25) is 11.8 Å². The average molecular weight is 638 g/mol. The number of H-pyrrole nitrogens is 2. The van der Waals surface area contributed by atoms with Crippen LogP contribution in [0.4, 0.5) is 4.79 Å². The topological polar surface area (TPSA) is 136 Å². The molecule has 0 spiro atoms. The second kappa shape index (κ2) is 15.0. The summed E-state index contributed by atoms with van der Waals surface area (Å²) in [4.78, 5) is 57.3. The zero-order chi connectivity index (χ0) is 33.5. The summed E-state index contributed by atoms with van der Waals surface area (Å²) in [7, 11) is 1.28. The summed E-state index contributed by atoms with van der Waals surface area (Å²) in [5.41, 5.74) is 3.04. The number of amides is 3. The lowest BCUT2D eigenvalue weighted by Gasteiger charge is -2.29. The lowest BCUT2D eigenvalue weighted by molar-refractivity contribution is -0.135. The molecule has 3 amide bonds. The smallest absolute Gasteiger partial charge is 0.407 e. The van der Waals surface area contributed by atoms with Crippen molar-refractivity contribution in [3.63, 3.8) is 0 Å². The van der Waals surface area contributed by atoms with E-state index in [-0.39, 0.29) is 29.8 Å². The van der Waals surface area contributed by atoms with Gasteiger partial charge in [0.25, 0.3) is 0 Å². The van der Waals surface area contributed by atoms with Crippen molar-refractivity contribution in [3.8, 4) is 23.7 Å². The summed E-state index contributed by atoms with van der Waals surface area (Å²) in [6, 6.07) is 6.76. The van der Waals surface area contributed by atoms with Crippen molar-refractivity contribution < 1.29 is 19.1 Å². The van der Waals surface area contributed by atoms with Crippen LogP contribution in [0, 0.1) is 35.5 Å². The molecule has 11 nitrogen and oxygen atoms in total. The summed E-state index contributed by atoms with van der Waals surface area (Å²) < 4.78 is 4.72. The number of nitrogens with zero attached hydrogens (tertiary/aromatic N) is 4. The Hall–Kier alpha value is -5.03. The van der Waals surface area contributed by atoms with Gasteiger partial charge in [-0.3, -0.25) is 9.59 Å². The lowest BCUT2D eigenvalue weighted by atomic mass is 10.0. The first-order valence-electron chi connectivity index (χ1n) is 16.3. The van der Waals surface area contributed by atoms with Crippen molar-refractivity contribution in [2.45, 2.75) is 77.9 Å². The van der Waals surface area contributed by atoms with E-state index in [1.807, 2.05) is 43.0 Å². The molecule has 246 valence electrons. The van der Waals surface area contributed by atoms with Gasteiger partial charge < -0.3 is 29.8 Å². The Bertz CT molecular complexity index is 1700. The molecule has 2 aliphatic rings. The van der Waals surface area contributed by atoms with Gasteiger partial charge in [-0.05, 0) is 73.6 Å². The van der Waals surface area contributed by atoms with Crippen LogP contribution in [0.5, 0.6) is 0 Å². The number of aromatic nitrogens is 4. The minimum absolute atomic E-state index is 0.0206. The van der Waals surface area contributed by atoms with Crippen LogP contribution in [-0.4, -0.2) is 73.9 Å². The quantitative estimate of drug-likeness (QED) is 0.322. The molecule has 3 N–H and O–H groups in total. The fraction of sp³-hybridized carbons (Fsp3) is 0.472. The standard InChI is InChI=1S/C36H43N7O4/c1-23(2)20-31(44)42-18-6-8-29(42)33-37-21-27(39-33)16-14-25-10-12-26(13-11-25)15-17-28-22-38-34(40-28)30-9-7-19-43(30)35(45)32(24(3)4)41-36(46)47-5/h10-13,21-24,29-30,32H,6-9,18-20H2,1-5H3,(H,37,39)(H,38,40)(H,41,46)/t29-,30-,32-/m0/s1. The summed E-state index contributed by atoms with van der Waals surface area (Å²) in [6.07, 6.45) is 6.83. The highest BCUT2D eigenvalue weighted by molar-refractivity contribution is 5.86. The Morgan fingerprint density at radius 2 is 1.36 bits per heavy atom. The van der Waals surface area contributed by atoms with Crippen molar-refractivity contribution in [3.05, 3.63) is 70.8 Å². The maximum atomic E-state index is 13.4. The molecule has 3 atom stereocenters. The van der Waals surface area contributed by atoms with Gasteiger partial charge in [-0.1, -0.05) is 39.5 Å². The highest BCUT2D eigenvalue weighted by Gasteiger charge is 2.37. The largest absolute Gasteiger partial charge is 0.453 e. The van der Waals surface area contributed by atoms with Gasteiger partial charge in [0, 0.05) is 30.6 Å². The van der Waals surface area contributed by atoms with Crippen LogP contribution in [0.2, 0.25) is 0 Å². The first kappa shape index (κ1) is 33.3. The first-order chi connectivity index (χ1) is 22.6. The second-order valence-corrected chi connectivity index (χ2v) is 12.8. The molecule has 47 heavy (non-hydrogen) atoms. The number of nitrogens with one attached hydrogen (secondary N) is 3. The predicted molar refractivity (Wildman–Crippen MR) is 177 cm³/mol. The van der Waals surface area contributed by atoms with Gasteiger partial charge in [-0.25, -0.2) is 14.8 Å². The molecule has 0 aliphatic carbocycles. The predicted octanol–water partition coefficient (Wildman–Crippen LogP) is 4.69. The number of rotatable bonds is 7. The number of hydrogen-bond acceptors (Lipinski definition) is 6. The van der Waals surface area contributed by atoms with Crippen LogP contribution in [-0.2, 0) is 14.3 Å².